The van der Waals surface area contributed by atoms with Gasteiger partial charge in [0.2, 0.25) is 5.91 Å². The molecule has 0 aliphatic carbocycles. The first-order valence-electron chi connectivity index (χ1n) is 8.71. The molecular weight excluding hydrogens is 405 g/mol. The number of carbonyl (C=O) groups is 3. The summed E-state index contributed by atoms with van der Waals surface area (Å²) in [5.74, 6) is -2.11. The van der Waals surface area contributed by atoms with Gasteiger partial charge in [0.15, 0.2) is 0 Å². The number of ether oxygens (including phenoxy) is 2. The molecule has 2 rings (SSSR count). The fraction of sp³-hybridized carbons (Fsp3) is 0.450. The van der Waals surface area contributed by atoms with Crippen molar-refractivity contribution in [2.45, 2.75) is 45.6 Å². The van der Waals surface area contributed by atoms with Crippen LogP contribution in [0.15, 0.2) is 29.5 Å². The lowest BCUT2D eigenvalue weighted by atomic mass is 9.83. The van der Waals surface area contributed by atoms with Gasteiger partial charge in [0, 0.05) is 28.1 Å². The summed E-state index contributed by atoms with van der Waals surface area (Å²) in [6.45, 7) is 6.52. The van der Waals surface area contributed by atoms with Crippen LogP contribution in [0.2, 0.25) is 10.0 Å². The maximum absolute atomic E-state index is 12.8. The summed E-state index contributed by atoms with van der Waals surface area (Å²) in [6, 6.07) is 4.86. The SMILES string of the molecule is COC(=O)C1=C(C)N(CC(=O)OC(C)(C)C)C(=O)CC1c1cc(Cl)ccc1Cl. The summed E-state index contributed by atoms with van der Waals surface area (Å²) >= 11 is 12.4. The Balaban J connectivity index is 2.48. The van der Waals surface area contributed by atoms with Gasteiger partial charge in [-0.1, -0.05) is 23.2 Å². The molecule has 1 aromatic rings. The van der Waals surface area contributed by atoms with E-state index in [-0.39, 0.29) is 24.4 Å². The van der Waals surface area contributed by atoms with E-state index >= 15 is 0 Å². The molecule has 8 heteroatoms. The number of hydrogen-bond acceptors (Lipinski definition) is 5. The standard InChI is InChI=1S/C20H23Cl2NO5/c1-11-18(19(26)27-5)14(13-8-12(21)6-7-15(13)22)9-16(24)23(11)10-17(25)28-20(2,3)4/h6-8,14H,9-10H2,1-5H3. The molecule has 28 heavy (non-hydrogen) atoms. The minimum Gasteiger partial charge on any atom is -0.466 e. The molecule has 0 saturated carbocycles. The van der Waals surface area contributed by atoms with Crippen LogP contribution in [0.5, 0.6) is 0 Å². The van der Waals surface area contributed by atoms with E-state index in [1.165, 1.54) is 12.0 Å². The van der Waals surface area contributed by atoms with Gasteiger partial charge in [0.1, 0.15) is 12.1 Å². The van der Waals surface area contributed by atoms with Crippen LogP contribution in [0, 0.1) is 0 Å². The fourth-order valence-electron chi connectivity index (χ4n) is 3.13. The van der Waals surface area contributed by atoms with Gasteiger partial charge in [-0.3, -0.25) is 9.59 Å². The van der Waals surface area contributed by atoms with Crippen molar-refractivity contribution in [3.05, 3.63) is 45.1 Å². The van der Waals surface area contributed by atoms with Crippen molar-refractivity contribution in [2.75, 3.05) is 13.7 Å². The first-order valence-corrected chi connectivity index (χ1v) is 9.46. The third-order valence-corrected chi connectivity index (χ3v) is 4.85. The summed E-state index contributed by atoms with van der Waals surface area (Å²) in [4.78, 5) is 38.8. The summed E-state index contributed by atoms with van der Waals surface area (Å²) in [6.07, 6.45) is -0.0510. The van der Waals surface area contributed by atoms with Gasteiger partial charge >= 0.3 is 11.9 Å². The van der Waals surface area contributed by atoms with Crippen LogP contribution in [-0.4, -0.2) is 42.0 Å². The maximum atomic E-state index is 12.8. The van der Waals surface area contributed by atoms with Crippen molar-refractivity contribution in [3.63, 3.8) is 0 Å². The lowest BCUT2D eigenvalue weighted by Gasteiger charge is -2.34. The first-order chi connectivity index (χ1) is 12.9. The Bertz CT molecular complexity index is 841. The number of benzene rings is 1. The molecule has 6 nitrogen and oxygen atoms in total. The minimum absolute atomic E-state index is 0.0510. The van der Waals surface area contributed by atoms with E-state index < -0.39 is 23.5 Å². The van der Waals surface area contributed by atoms with Crippen molar-refractivity contribution < 1.29 is 23.9 Å². The largest absolute Gasteiger partial charge is 0.466 e. The van der Waals surface area contributed by atoms with Crippen LogP contribution in [0.3, 0.4) is 0 Å². The lowest BCUT2D eigenvalue weighted by molar-refractivity contribution is -0.158. The van der Waals surface area contributed by atoms with Crippen molar-refractivity contribution in [3.8, 4) is 0 Å². The number of methoxy groups -OCH3 is 1. The zero-order valence-corrected chi connectivity index (χ0v) is 18.0. The van der Waals surface area contributed by atoms with Crippen LogP contribution >= 0.6 is 23.2 Å². The summed E-state index contributed by atoms with van der Waals surface area (Å²) < 4.78 is 10.2. The second-order valence-corrected chi connectivity index (χ2v) is 8.32. The van der Waals surface area contributed by atoms with Gasteiger partial charge in [-0.2, -0.15) is 0 Å². The summed E-state index contributed by atoms with van der Waals surface area (Å²) in [5.41, 5.74) is 0.458. The molecular formula is C20H23Cl2NO5. The molecule has 0 fully saturated rings. The topological polar surface area (TPSA) is 72.9 Å². The minimum atomic E-state index is -0.685. The quantitative estimate of drug-likeness (QED) is 0.676. The van der Waals surface area contributed by atoms with E-state index in [0.29, 0.717) is 21.3 Å². The van der Waals surface area contributed by atoms with Crippen LogP contribution in [0.4, 0.5) is 0 Å². The van der Waals surface area contributed by atoms with Crippen LogP contribution < -0.4 is 0 Å². The number of nitrogens with zero attached hydrogens (tertiary/aromatic N) is 1. The predicted octanol–water partition coefficient (Wildman–Crippen LogP) is 4.10. The Hall–Kier alpha value is -2.05. The highest BCUT2D eigenvalue weighted by molar-refractivity contribution is 6.33. The van der Waals surface area contributed by atoms with Crippen LogP contribution in [-0.2, 0) is 23.9 Å². The monoisotopic (exact) mass is 427 g/mol. The third-order valence-electron chi connectivity index (χ3n) is 4.27. The van der Waals surface area contributed by atoms with Gasteiger partial charge in [0.05, 0.1) is 12.7 Å². The van der Waals surface area contributed by atoms with E-state index in [1.807, 2.05) is 0 Å². The van der Waals surface area contributed by atoms with Crippen molar-refractivity contribution >= 4 is 41.0 Å². The Morgan fingerprint density at radius 2 is 1.89 bits per heavy atom. The number of hydrogen-bond donors (Lipinski definition) is 0. The normalized spacial score (nSPS) is 17.6. The summed E-state index contributed by atoms with van der Waals surface area (Å²) in [7, 11) is 1.26. The number of allylic oxidation sites excluding steroid dienone is 1. The first kappa shape index (κ1) is 22.2. The van der Waals surface area contributed by atoms with Crippen molar-refractivity contribution in [1.82, 2.24) is 4.90 Å². The van der Waals surface area contributed by atoms with Crippen LogP contribution in [0.25, 0.3) is 0 Å². The highest BCUT2D eigenvalue weighted by Crippen LogP contribution is 2.40. The van der Waals surface area contributed by atoms with Gasteiger partial charge in [-0.25, -0.2) is 4.79 Å². The molecule has 152 valence electrons. The van der Waals surface area contributed by atoms with E-state index in [2.05, 4.69) is 0 Å². The van der Waals surface area contributed by atoms with E-state index in [0.717, 1.165) is 0 Å². The third kappa shape index (κ3) is 5.06. The molecule has 1 amide bonds. The van der Waals surface area contributed by atoms with Gasteiger partial charge < -0.3 is 14.4 Å². The van der Waals surface area contributed by atoms with E-state index in [9.17, 15) is 14.4 Å². The second-order valence-electron chi connectivity index (χ2n) is 7.48. The average molecular weight is 428 g/mol. The zero-order valence-electron chi connectivity index (χ0n) is 16.5. The highest BCUT2D eigenvalue weighted by atomic mass is 35.5. The molecule has 1 heterocycles. The molecule has 1 aromatic carbocycles. The molecule has 1 aliphatic rings. The summed E-state index contributed by atoms with van der Waals surface area (Å²) in [5, 5.41) is 0.821. The zero-order chi connectivity index (χ0) is 21.2. The van der Waals surface area contributed by atoms with Gasteiger partial charge in [0.25, 0.3) is 0 Å². The molecule has 1 aliphatic heterocycles. The molecule has 0 N–H and O–H groups in total. The van der Waals surface area contributed by atoms with Crippen LogP contribution in [0.1, 0.15) is 45.6 Å². The second kappa shape index (κ2) is 8.53. The Labute approximate surface area is 174 Å². The van der Waals surface area contributed by atoms with Crippen molar-refractivity contribution in [1.29, 1.82) is 0 Å². The van der Waals surface area contributed by atoms with E-state index in [4.69, 9.17) is 32.7 Å². The maximum Gasteiger partial charge on any atom is 0.336 e. The fourth-order valence-corrected chi connectivity index (χ4v) is 3.56. The van der Waals surface area contributed by atoms with Crippen molar-refractivity contribution in [2.24, 2.45) is 0 Å². The molecule has 1 unspecified atom stereocenters. The smallest absolute Gasteiger partial charge is 0.336 e. The molecule has 1 atom stereocenters. The van der Waals surface area contributed by atoms with E-state index in [1.54, 1.807) is 45.9 Å². The molecule has 0 radical (unpaired) electrons. The molecule has 0 saturated heterocycles. The molecule has 0 aromatic heterocycles. The Kier molecular flexibility index (Phi) is 6.78. The molecule has 0 bridgehead atoms. The average Bonchev–Trinajstić information content (AvgIpc) is 2.58. The Morgan fingerprint density at radius 1 is 1.25 bits per heavy atom. The Morgan fingerprint density at radius 3 is 2.46 bits per heavy atom. The number of carbonyl (C=O) groups excluding carboxylic acids is 3. The number of esters is 2. The lowest BCUT2D eigenvalue weighted by Crippen LogP contribution is -2.42. The predicted molar refractivity (Wildman–Crippen MR) is 106 cm³/mol. The van der Waals surface area contributed by atoms with Gasteiger partial charge in [-0.15, -0.1) is 0 Å². The molecule has 0 spiro atoms. The number of amides is 1. The number of halogens is 2. The highest BCUT2D eigenvalue weighted by Gasteiger charge is 2.38. The van der Waals surface area contributed by atoms with Gasteiger partial charge in [-0.05, 0) is 51.5 Å². The number of rotatable bonds is 4.